The molecule has 0 aliphatic heterocycles. The van der Waals surface area contributed by atoms with E-state index in [1.807, 2.05) is 12.1 Å². The Balaban J connectivity index is 1.34. The van der Waals surface area contributed by atoms with E-state index in [2.05, 4.69) is 169 Å². The number of para-hydroxylation sites is 2. The van der Waals surface area contributed by atoms with E-state index in [-0.39, 0.29) is 0 Å². The lowest BCUT2D eigenvalue weighted by Crippen LogP contribution is -2.10. The van der Waals surface area contributed by atoms with Crippen LogP contribution in [0.15, 0.2) is 180 Å². The van der Waals surface area contributed by atoms with Crippen LogP contribution in [0.4, 0.5) is 17.1 Å². The van der Waals surface area contributed by atoms with Gasteiger partial charge in [-0.2, -0.15) is 0 Å². The van der Waals surface area contributed by atoms with Crippen LogP contribution < -0.4 is 4.90 Å². The highest BCUT2D eigenvalue weighted by molar-refractivity contribution is 6.17. The smallest absolute Gasteiger partial charge is 0.145 e. The molecule has 8 rings (SSSR count). The molecule has 0 fully saturated rings. The third-order valence-electron chi connectivity index (χ3n) is 8.25. The Labute approximate surface area is 257 Å². The molecule has 1 aromatic heterocycles. The van der Waals surface area contributed by atoms with Crippen LogP contribution in [0.5, 0.6) is 0 Å². The van der Waals surface area contributed by atoms with Gasteiger partial charge in [-0.1, -0.05) is 127 Å². The van der Waals surface area contributed by atoms with Gasteiger partial charge in [0.25, 0.3) is 0 Å². The van der Waals surface area contributed by atoms with Gasteiger partial charge in [0.1, 0.15) is 11.2 Å². The molecule has 0 aliphatic carbocycles. The largest absolute Gasteiger partial charge is 0.455 e. The standard InChI is InChI=1S/C42H29NO/c1-4-14-30(15-5-1)32-18-12-19-33(28-32)34-20-13-23-36(29-34)43(35-21-8-3-9-22-35)39-27-26-37(31-16-6-2-7-17-31)42-41(39)38-24-10-11-25-40(38)44-42/h1-29H. The number of nitrogens with zero attached hydrogens (tertiary/aromatic N) is 1. The normalized spacial score (nSPS) is 11.2. The minimum absolute atomic E-state index is 0.881. The van der Waals surface area contributed by atoms with Crippen molar-refractivity contribution in [2.24, 2.45) is 0 Å². The number of hydrogen-bond acceptors (Lipinski definition) is 2. The van der Waals surface area contributed by atoms with Gasteiger partial charge in [0.05, 0.1) is 11.1 Å². The predicted octanol–water partition coefficient (Wildman–Crippen LogP) is 12.1. The van der Waals surface area contributed by atoms with Crippen molar-refractivity contribution in [1.29, 1.82) is 0 Å². The van der Waals surface area contributed by atoms with Crippen molar-refractivity contribution in [2.75, 3.05) is 4.90 Å². The number of hydrogen-bond donors (Lipinski definition) is 0. The number of rotatable bonds is 6. The van der Waals surface area contributed by atoms with E-state index in [0.29, 0.717) is 0 Å². The summed E-state index contributed by atoms with van der Waals surface area (Å²) in [6.07, 6.45) is 0. The Morgan fingerprint density at radius 2 is 0.932 bits per heavy atom. The summed E-state index contributed by atoms with van der Waals surface area (Å²) < 4.78 is 6.62. The molecule has 0 spiro atoms. The summed E-state index contributed by atoms with van der Waals surface area (Å²) in [5.41, 5.74) is 12.0. The highest BCUT2D eigenvalue weighted by Gasteiger charge is 2.22. The zero-order valence-electron chi connectivity index (χ0n) is 24.1. The molecule has 2 nitrogen and oxygen atoms in total. The molecule has 0 aliphatic rings. The maximum atomic E-state index is 6.62. The zero-order chi connectivity index (χ0) is 29.3. The summed E-state index contributed by atoms with van der Waals surface area (Å²) in [7, 11) is 0. The Morgan fingerprint density at radius 1 is 0.386 bits per heavy atom. The Kier molecular flexibility index (Phi) is 6.51. The molecular weight excluding hydrogens is 534 g/mol. The molecule has 1 heterocycles. The molecule has 0 saturated carbocycles. The summed E-state index contributed by atoms with van der Waals surface area (Å²) in [6.45, 7) is 0. The van der Waals surface area contributed by atoms with Crippen LogP contribution >= 0.6 is 0 Å². The molecular formula is C42H29NO. The van der Waals surface area contributed by atoms with Crippen molar-refractivity contribution in [3.05, 3.63) is 176 Å². The molecule has 0 unspecified atom stereocenters. The van der Waals surface area contributed by atoms with Gasteiger partial charge in [-0.15, -0.1) is 0 Å². The average molecular weight is 564 g/mol. The van der Waals surface area contributed by atoms with Gasteiger partial charge in [0.2, 0.25) is 0 Å². The fraction of sp³-hybridized carbons (Fsp3) is 0. The third kappa shape index (κ3) is 4.63. The second-order valence-corrected chi connectivity index (χ2v) is 11.0. The van der Waals surface area contributed by atoms with Crippen LogP contribution in [0.3, 0.4) is 0 Å². The molecule has 8 aromatic rings. The third-order valence-corrected chi connectivity index (χ3v) is 8.25. The lowest BCUT2D eigenvalue weighted by molar-refractivity contribution is 0.670. The summed E-state index contributed by atoms with van der Waals surface area (Å²) in [5.74, 6) is 0. The van der Waals surface area contributed by atoms with Gasteiger partial charge in [-0.05, 0) is 76.3 Å². The SMILES string of the molecule is c1ccc(-c2cccc(-c3cccc(N(c4ccccc4)c4ccc(-c5ccccc5)c5oc6ccccc6c45)c3)c2)cc1. The Morgan fingerprint density at radius 3 is 1.68 bits per heavy atom. The first-order valence-corrected chi connectivity index (χ1v) is 14.9. The van der Waals surface area contributed by atoms with E-state index in [4.69, 9.17) is 4.42 Å². The van der Waals surface area contributed by atoms with E-state index < -0.39 is 0 Å². The van der Waals surface area contributed by atoms with Crippen molar-refractivity contribution < 1.29 is 4.42 Å². The van der Waals surface area contributed by atoms with E-state index in [1.165, 1.54) is 16.7 Å². The zero-order valence-corrected chi connectivity index (χ0v) is 24.1. The first-order chi connectivity index (χ1) is 21.8. The van der Waals surface area contributed by atoms with Crippen LogP contribution in [0, 0.1) is 0 Å². The van der Waals surface area contributed by atoms with Crippen LogP contribution in [-0.2, 0) is 0 Å². The minimum Gasteiger partial charge on any atom is -0.455 e. The van der Waals surface area contributed by atoms with E-state index >= 15 is 0 Å². The topological polar surface area (TPSA) is 16.4 Å². The predicted molar refractivity (Wildman–Crippen MR) is 185 cm³/mol. The Bertz CT molecular complexity index is 2220. The van der Waals surface area contributed by atoms with Crippen molar-refractivity contribution in [1.82, 2.24) is 0 Å². The van der Waals surface area contributed by atoms with Crippen LogP contribution in [0.25, 0.3) is 55.3 Å². The molecule has 0 radical (unpaired) electrons. The van der Waals surface area contributed by atoms with Gasteiger partial charge in [0.15, 0.2) is 0 Å². The van der Waals surface area contributed by atoms with Crippen molar-refractivity contribution in [3.8, 4) is 33.4 Å². The number of fused-ring (bicyclic) bond motifs is 3. The molecule has 0 N–H and O–H groups in total. The van der Waals surface area contributed by atoms with Gasteiger partial charge >= 0.3 is 0 Å². The maximum Gasteiger partial charge on any atom is 0.145 e. The van der Waals surface area contributed by atoms with Crippen LogP contribution in [0.2, 0.25) is 0 Å². The second kappa shape index (κ2) is 11.1. The van der Waals surface area contributed by atoms with E-state index in [0.717, 1.165) is 55.7 Å². The highest BCUT2D eigenvalue weighted by atomic mass is 16.3. The lowest BCUT2D eigenvalue weighted by Gasteiger charge is -2.27. The van der Waals surface area contributed by atoms with Crippen molar-refractivity contribution in [3.63, 3.8) is 0 Å². The molecule has 7 aromatic carbocycles. The minimum atomic E-state index is 0.881. The van der Waals surface area contributed by atoms with E-state index in [9.17, 15) is 0 Å². The maximum absolute atomic E-state index is 6.62. The first-order valence-electron chi connectivity index (χ1n) is 14.9. The number of anilines is 3. The number of benzene rings is 7. The van der Waals surface area contributed by atoms with Crippen molar-refractivity contribution in [2.45, 2.75) is 0 Å². The first kappa shape index (κ1) is 25.8. The van der Waals surface area contributed by atoms with Crippen LogP contribution in [-0.4, -0.2) is 0 Å². The summed E-state index contributed by atoms with van der Waals surface area (Å²) in [4.78, 5) is 2.35. The second-order valence-electron chi connectivity index (χ2n) is 11.0. The number of furan rings is 1. The molecule has 2 heteroatoms. The monoisotopic (exact) mass is 563 g/mol. The van der Waals surface area contributed by atoms with Crippen LogP contribution in [0.1, 0.15) is 0 Å². The van der Waals surface area contributed by atoms with Gasteiger partial charge in [-0.3, -0.25) is 0 Å². The van der Waals surface area contributed by atoms with Gasteiger partial charge in [-0.25, -0.2) is 0 Å². The quantitative estimate of drug-likeness (QED) is 0.200. The Hall–Kier alpha value is -5.86. The molecule has 44 heavy (non-hydrogen) atoms. The molecule has 0 bridgehead atoms. The van der Waals surface area contributed by atoms with E-state index in [1.54, 1.807) is 0 Å². The lowest BCUT2D eigenvalue weighted by atomic mass is 9.98. The summed E-state index contributed by atoms with van der Waals surface area (Å²) in [5, 5.41) is 2.20. The molecule has 0 amide bonds. The summed E-state index contributed by atoms with van der Waals surface area (Å²) >= 11 is 0. The van der Waals surface area contributed by atoms with Gasteiger partial charge in [0, 0.05) is 22.3 Å². The summed E-state index contributed by atoms with van der Waals surface area (Å²) in [6, 6.07) is 62.0. The molecule has 208 valence electrons. The van der Waals surface area contributed by atoms with Crippen molar-refractivity contribution >= 4 is 39.0 Å². The average Bonchev–Trinajstić information content (AvgIpc) is 3.50. The molecule has 0 atom stereocenters. The fourth-order valence-corrected chi connectivity index (χ4v) is 6.18. The fourth-order valence-electron chi connectivity index (χ4n) is 6.18. The highest BCUT2D eigenvalue weighted by Crippen LogP contribution is 2.46. The van der Waals surface area contributed by atoms with Gasteiger partial charge < -0.3 is 9.32 Å². The molecule has 0 saturated heterocycles.